The van der Waals surface area contributed by atoms with Crippen molar-refractivity contribution in [1.82, 2.24) is 4.90 Å². The fourth-order valence-corrected chi connectivity index (χ4v) is 2.29. The number of unbranched alkanes of at least 4 members (excludes halogenated alkanes) is 1. The first-order valence-electron chi connectivity index (χ1n) is 5.47. The Labute approximate surface area is 90.7 Å². The van der Waals surface area contributed by atoms with Crippen molar-refractivity contribution < 1.29 is 18.9 Å². The van der Waals surface area contributed by atoms with E-state index in [1.54, 1.807) is 0 Å². The lowest BCUT2D eigenvalue weighted by Gasteiger charge is -2.23. The van der Waals surface area contributed by atoms with Crippen LogP contribution in [0.15, 0.2) is 0 Å². The minimum atomic E-state index is -4.30. The topological polar surface area (TPSA) is 70.0 Å². The zero-order valence-corrected chi connectivity index (χ0v) is 10.0. The molecule has 0 saturated carbocycles. The van der Waals surface area contributed by atoms with Gasteiger partial charge in [-0.2, -0.15) is 0 Å². The van der Waals surface area contributed by atoms with Crippen LogP contribution in [0.1, 0.15) is 32.6 Å². The highest BCUT2D eigenvalue weighted by Crippen LogP contribution is 2.36. The monoisotopic (exact) mass is 237 g/mol. The molecule has 0 radical (unpaired) electrons. The van der Waals surface area contributed by atoms with E-state index in [1.165, 1.54) is 0 Å². The lowest BCUT2D eigenvalue weighted by atomic mass is 10.2. The molecule has 1 heterocycles. The van der Waals surface area contributed by atoms with Gasteiger partial charge in [-0.05, 0) is 32.4 Å². The van der Waals surface area contributed by atoms with Crippen molar-refractivity contribution >= 4 is 7.82 Å². The maximum atomic E-state index is 10.6. The van der Waals surface area contributed by atoms with Crippen LogP contribution in [-0.2, 0) is 9.09 Å². The standard InChI is InChI=1S/C9H20NO4P/c1-2-3-6-10-7-4-5-9(10)8-14-15(11,12)13/h9H,2-8H2,1H3,(H2,11,12,13)/t9-/m1/s1. The minimum Gasteiger partial charge on any atom is -0.303 e. The maximum Gasteiger partial charge on any atom is 0.469 e. The van der Waals surface area contributed by atoms with Gasteiger partial charge in [0.05, 0.1) is 6.61 Å². The van der Waals surface area contributed by atoms with Gasteiger partial charge in [-0.3, -0.25) is 9.42 Å². The Hall–Kier alpha value is 0.0700. The van der Waals surface area contributed by atoms with Crippen molar-refractivity contribution in [3.8, 4) is 0 Å². The molecular weight excluding hydrogens is 217 g/mol. The van der Waals surface area contributed by atoms with E-state index in [0.717, 1.165) is 38.8 Å². The number of rotatable bonds is 6. The molecule has 1 aliphatic rings. The molecule has 1 saturated heterocycles. The molecule has 1 atom stereocenters. The molecule has 1 rings (SSSR count). The van der Waals surface area contributed by atoms with Gasteiger partial charge in [0.1, 0.15) is 0 Å². The first-order valence-corrected chi connectivity index (χ1v) is 7.00. The summed E-state index contributed by atoms with van der Waals surface area (Å²) in [6.07, 6.45) is 4.34. The zero-order valence-electron chi connectivity index (χ0n) is 9.13. The third kappa shape index (κ3) is 5.09. The largest absolute Gasteiger partial charge is 0.469 e. The van der Waals surface area contributed by atoms with Crippen molar-refractivity contribution in [2.45, 2.75) is 38.6 Å². The molecule has 0 aliphatic carbocycles. The summed E-state index contributed by atoms with van der Waals surface area (Å²) in [7, 11) is -4.30. The molecule has 0 bridgehead atoms. The van der Waals surface area contributed by atoms with Crippen molar-refractivity contribution in [1.29, 1.82) is 0 Å². The summed E-state index contributed by atoms with van der Waals surface area (Å²) in [5, 5.41) is 0. The van der Waals surface area contributed by atoms with Crippen molar-refractivity contribution in [3.05, 3.63) is 0 Å². The molecule has 1 fully saturated rings. The van der Waals surface area contributed by atoms with Crippen LogP contribution in [0.25, 0.3) is 0 Å². The van der Waals surface area contributed by atoms with Gasteiger partial charge in [-0.25, -0.2) is 4.57 Å². The van der Waals surface area contributed by atoms with Gasteiger partial charge in [-0.15, -0.1) is 0 Å². The molecule has 0 aromatic carbocycles. The average Bonchev–Trinajstić information content (AvgIpc) is 2.57. The summed E-state index contributed by atoms with van der Waals surface area (Å²) in [5.41, 5.74) is 0. The van der Waals surface area contributed by atoms with Crippen LogP contribution < -0.4 is 0 Å². The van der Waals surface area contributed by atoms with Crippen molar-refractivity contribution in [2.24, 2.45) is 0 Å². The molecular formula is C9H20NO4P. The van der Waals surface area contributed by atoms with Gasteiger partial charge >= 0.3 is 7.82 Å². The van der Waals surface area contributed by atoms with Gasteiger partial charge in [0.25, 0.3) is 0 Å². The summed E-state index contributed by atoms with van der Waals surface area (Å²) in [4.78, 5) is 19.5. The SMILES string of the molecule is CCCCN1CCC[C@@H]1COP(=O)(O)O. The minimum absolute atomic E-state index is 0.147. The lowest BCUT2D eigenvalue weighted by Crippen LogP contribution is -2.33. The van der Waals surface area contributed by atoms with E-state index in [0.29, 0.717) is 0 Å². The number of phosphoric ester groups is 1. The highest BCUT2D eigenvalue weighted by Gasteiger charge is 2.26. The van der Waals surface area contributed by atoms with Crippen LogP contribution in [0.5, 0.6) is 0 Å². The summed E-state index contributed by atoms with van der Waals surface area (Å²) >= 11 is 0. The molecule has 90 valence electrons. The molecule has 5 nitrogen and oxygen atoms in total. The third-order valence-electron chi connectivity index (χ3n) is 2.73. The molecule has 0 aromatic heterocycles. The molecule has 2 N–H and O–H groups in total. The van der Waals surface area contributed by atoms with Gasteiger partial charge in [0, 0.05) is 6.04 Å². The van der Waals surface area contributed by atoms with Gasteiger partial charge in [0.15, 0.2) is 0 Å². The number of likely N-dealkylation sites (tertiary alicyclic amines) is 1. The Morgan fingerprint density at radius 3 is 2.87 bits per heavy atom. The summed E-state index contributed by atoms with van der Waals surface area (Å²) in [6, 6.07) is 0.184. The molecule has 0 aromatic rings. The number of phosphoric acid groups is 1. The molecule has 1 aliphatic heterocycles. The molecule has 0 spiro atoms. The predicted molar refractivity (Wildman–Crippen MR) is 57.5 cm³/mol. The molecule has 15 heavy (non-hydrogen) atoms. The highest BCUT2D eigenvalue weighted by atomic mass is 31.2. The summed E-state index contributed by atoms with van der Waals surface area (Å²) in [6.45, 7) is 4.31. The van der Waals surface area contributed by atoms with E-state index in [9.17, 15) is 4.57 Å². The third-order valence-corrected chi connectivity index (χ3v) is 3.22. The number of hydrogen-bond donors (Lipinski definition) is 2. The van der Waals surface area contributed by atoms with E-state index in [1.807, 2.05) is 0 Å². The van der Waals surface area contributed by atoms with E-state index in [2.05, 4.69) is 16.3 Å². The van der Waals surface area contributed by atoms with Gasteiger partial charge < -0.3 is 9.79 Å². The van der Waals surface area contributed by atoms with E-state index >= 15 is 0 Å². The Morgan fingerprint density at radius 1 is 1.53 bits per heavy atom. The van der Waals surface area contributed by atoms with Gasteiger partial charge in [-0.1, -0.05) is 13.3 Å². The van der Waals surface area contributed by atoms with Crippen molar-refractivity contribution in [2.75, 3.05) is 19.7 Å². The quantitative estimate of drug-likeness (QED) is 0.682. The highest BCUT2D eigenvalue weighted by molar-refractivity contribution is 7.46. The second-order valence-electron chi connectivity index (χ2n) is 3.97. The Kier molecular flexibility index (Phi) is 5.23. The molecule has 0 unspecified atom stereocenters. The first kappa shape index (κ1) is 13.1. The normalized spacial score (nSPS) is 23.5. The van der Waals surface area contributed by atoms with E-state index in [-0.39, 0.29) is 12.6 Å². The smallest absolute Gasteiger partial charge is 0.303 e. The molecule has 6 heteroatoms. The fourth-order valence-electron chi connectivity index (χ4n) is 1.92. The first-order chi connectivity index (χ1) is 7.03. The van der Waals surface area contributed by atoms with E-state index in [4.69, 9.17) is 9.79 Å². The van der Waals surface area contributed by atoms with Crippen LogP contribution in [0.3, 0.4) is 0 Å². The van der Waals surface area contributed by atoms with Crippen LogP contribution in [0, 0.1) is 0 Å². The lowest BCUT2D eigenvalue weighted by molar-refractivity contribution is 0.133. The fraction of sp³-hybridized carbons (Fsp3) is 1.00. The Balaban J connectivity index is 2.30. The average molecular weight is 237 g/mol. The Bertz CT molecular complexity index is 230. The second-order valence-corrected chi connectivity index (χ2v) is 5.21. The second kappa shape index (κ2) is 5.97. The van der Waals surface area contributed by atoms with E-state index < -0.39 is 7.82 Å². The molecule has 0 amide bonds. The van der Waals surface area contributed by atoms with Crippen LogP contribution in [0.2, 0.25) is 0 Å². The summed E-state index contributed by atoms with van der Waals surface area (Å²) in [5.74, 6) is 0. The maximum absolute atomic E-state index is 10.6. The number of hydrogen-bond acceptors (Lipinski definition) is 3. The van der Waals surface area contributed by atoms with Crippen LogP contribution >= 0.6 is 7.82 Å². The Morgan fingerprint density at radius 2 is 2.27 bits per heavy atom. The van der Waals surface area contributed by atoms with Gasteiger partial charge in [0.2, 0.25) is 0 Å². The summed E-state index contributed by atoms with van der Waals surface area (Å²) < 4.78 is 15.1. The zero-order chi connectivity index (χ0) is 11.3. The number of nitrogens with zero attached hydrogens (tertiary/aromatic N) is 1. The van der Waals surface area contributed by atoms with Crippen LogP contribution in [0.4, 0.5) is 0 Å². The van der Waals surface area contributed by atoms with Crippen molar-refractivity contribution in [3.63, 3.8) is 0 Å². The van der Waals surface area contributed by atoms with Crippen LogP contribution in [-0.4, -0.2) is 40.4 Å². The predicted octanol–water partition coefficient (Wildman–Crippen LogP) is 1.36.